The molecule has 1 aromatic carbocycles. The van der Waals surface area contributed by atoms with Gasteiger partial charge in [-0.25, -0.2) is 4.98 Å². The molecule has 0 unspecified atom stereocenters. The monoisotopic (exact) mass is 1760 g/mol. The van der Waals surface area contributed by atoms with E-state index < -0.39 is 261 Å². The fourth-order valence-corrected chi connectivity index (χ4v) is 12.9. The molecular weight excluding hydrogens is 1640 g/mol. The molecule has 18 amide bonds. The topological polar surface area (TPSA) is 775 Å². The zero-order valence-electron chi connectivity index (χ0n) is 70.9. The number of aromatic nitrogens is 3. The van der Waals surface area contributed by atoms with Crippen molar-refractivity contribution in [1.29, 1.82) is 5.41 Å². The van der Waals surface area contributed by atoms with E-state index in [1.165, 1.54) is 31.2 Å². The van der Waals surface area contributed by atoms with Gasteiger partial charge in [0.2, 0.25) is 106 Å². The van der Waals surface area contributed by atoms with E-state index in [0.717, 1.165) is 0 Å². The second-order valence-corrected chi connectivity index (χ2v) is 31.9. The number of nitrogens with one attached hydrogen (secondary N) is 18. The van der Waals surface area contributed by atoms with Crippen LogP contribution in [0.3, 0.4) is 0 Å². The average molecular weight is 1770 g/mol. The number of guanidine groups is 1. The van der Waals surface area contributed by atoms with Crippen molar-refractivity contribution in [2.75, 3.05) is 38.2 Å². The molecule has 0 aliphatic carbocycles. The Balaban J connectivity index is 1.88. The highest BCUT2D eigenvalue weighted by atomic mass is 32.2. The van der Waals surface area contributed by atoms with Crippen molar-refractivity contribution >= 4 is 141 Å². The van der Waals surface area contributed by atoms with Gasteiger partial charge in [0, 0.05) is 61.9 Å². The number of carbonyl (C=O) groups excluding carboxylic acids is 18. The first-order chi connectivity index (χ1) is 58.4. The maximum Gasteiger partial charge on any atom is 0.303 e. The van der Waals surface area contributed by atoms with Gasteiger partial charge >= 0.3 is 5.97 Å². The first kappa shape index (κ1) is 106. The third-order valence-corrected chi connectivity index (χ3v) is 19.7. The van der Waals surface area contributed by atoms with Crippen LogP contribution < -0.4 is 120 Å². The van der Waals surface area contributed by atoms with Crippen LogP contribution in [0.4, 0.5) is 0 Å². The molecule has 0 aliphatic heterocycles. The molecule has 0 saturated heterocycles. The molecule has 0 fully saturated rings. The highest BCUT2D eigenvalue weighted by Gasteiger charge is 2.38. The zero-order valence-corrected chi connectivity index (χ0v) is 71.8. The number of amides is 18. The number of primary amides is 4. The Morgan fingerprint density at radius 2 is 0.935 bits per heavy atom. The fraction of sp³-hybridized carbons (Fsp3) is 0.597. The van der Waals surface area contributed by atoms with E-state index in [-0.39, 0.29) is 69.7 Å². The van der Waals surface area contributed by atoms with Crippen LogP contribution in [0.25, 0.3) is 10.9 Å². The minimum Gasteiger partial charge on any atom is -0.481 e. The molecule has 2 aromatic heterocycles. The summed E-state index contributed by atoms with van der Waals surface area (Å²) in [5.41, 5.74) is 40.5. The smallest absolute Gasteiger partial charge is 0.303 e. The van der Waals surface area contributed by atoms with E-state index in [0.29, 0.717) is 47.3 Å². The Morgan fingerprint density at radius 1 is 0.468 bits per heavy atom. The highest BCUT2D eigenvalue weighted by molar-refractivity contribution is 7.98. The van der Waals surface area contributed by atoms with Gasteiger partial charge in [-0.15, -0.1) is 0 Å². The number of H-pyrrole nitrogens is 2. The van der Waals surface area contributed by atoms with Gasteiger partial charge in [-0.1, -0.05) is 66.2 Å². The number of carboxylic acid groups (broad SMARTS) is 1. The molecule has 688 valence electrons. The second kappa shape index (κ2) is 54.7. The molecule has 47 heteroatoms. The number of nitrogens with zero attached hydrogens (tertiary/aromatic N) is 1. The number of aromatic amines is 2. The molecule has 0 aliphatic rings. The van der Waals surface area contributed by atoms with E-state index in [1.807, 2.05) is 6.26 Å². The zero-order chi connectivity index (χ0) is 93.0. The standard InChI is InChI=1S/C77H124N26O20S/c1-38(2)28-52(100-68(115)48(17-13-26-87-77(84)85)97-69(116)49(18-21-57(80)104)98-70(117)51(20-23-62(109)110)96-66(113)45(79)15-11-12-25-78)67(114)89-35-60(107)94-56(32-59(82)106)75(122)99-50(19-22-58(81)105)71(118)102-54(30-42-33-88-46-16-10-9-14-44(42)46)72(119)92-41(7)65(112)103-63(40(5)6)76(123)90-36-61(108)93-55(31-43-34-86-37-91-43)74(121)101-53(29-39(3)4)73(120)95-47(64(83)111)24-27-124-8/h9-10,14,16,33-34,37-41,45,47-56,63,88H,11-13,15,17-32,35-36,78-79H2,1-8H3,(H2,80,104)(H2,81,105)(H2,82,106)(H2,83,111)(H,86,91)(H,89,114)(H,90,123)(H,92,119)(H,93,108)(H,94,107)(H,95,120)(H,96,113)(H,97,116)(H,98,117)(H,99,122)(H,100,115)(H,101,121)(H,102,118)(H,103,112)(H,109,110)(H4,84,85,87)/t41-,45-,47-,48-,49-,50-,51-,52-,53-,54-,55-,56-,63-/m0/s1. The van der Waals surface area contributed by atoms with Crippen LogP contribution in [-0.2, 0) is 104 Å². The number of carbonyl (C=O) groups is 19. The number of hydrogen-bond donors (Lipinski definition) is 26. The number of carboxylic acids is 1. The minimum absolute atomic E-state index is 0.00823. The lowest BCUT2D eigenvalue weighted by molar-refractivity contribution is -0.138. The highest BCUT2D eigenvalue weighted by Crippen LogP contribution is 2.21. The molecular formula is C77H124N26O20S. The minimum atomic E-state index is -1.93. The van der Waals surface area contributed by atoms with Crippen LogP contribution in [-0.4, -0.2) is 255 Å². The molecule has 0 bridgehead atoms. The number of fused-ring (bicyclic) bond motifs is 1. The van der Waals surface area contributed by atoms with Crippen molar-refractivity contribution in [3.05, 3.63) is 54.2 Å². The van der Waals surface area contributed by atoms with Crippen molar-refractivity contribution in [2.24, 2.45) is 57.9 Å². The summed E-state index contributed by atoms with van der Waals surface area (Å²) < 4.78 is 0. The number of rotatable bonds is 60. The summed E-state index contributed by atoms with van der Waals surface area (Å²) in [6.07, 6.45) is 2.54. The van der Waals surface area contributed by atoms with Crippen LogP contribution in [0.2, 0.25) is 0 Å². The Hall–Kier alpha value is -12.6. The van der Waals surface area contributed by atoms with Gasteiger partial charge in [-0.2, -0.15) is 11.8 Å². The summed E-state index contributed by atoms with van der Waals surface area (Å²) in [6.45, 7) is 9.89. The van der Waals surface area contributed by atoms with Crippen LogP contribution >= 0.6 is 11.8 Å². The van der Waals surface area contributed by atoms with Crippen LogP contribution in [0.5, 0.6) is 0 Å². The number of benzene rings is 1. The van der Waals surface area contributed by atoms with Crippen molar-refractivity contribution < 1.29 is 96.2 Å². The summed E-state index contributed by atoms with van der Waals surface area (Å²) >= 11 is 1.43. The van der Waals surface area contributed by atoms with Crippen molar-refractivity contribution in [3.63, 3.8) is 0 Å². The van der Waals surface area contributed by atoms with Crippen molar-refractivity contribution in [1.82, 2.24) is 94.7 Å². The van der Waals surface area contributed by atoms with Crippen molar-refractivity contribution in [3.8, 4) is 0 Å². The molecule has 33 N–H and O–H groups in total. The summed E-state index contributed by atoms with van der Waals surface area (Å²) in [6, 6.07) is -12.5. The number of para-hydroxylation sites is 1. The molecule has 2 heterocycles. The summed E-state index contributed by atoms with van der Waals surface area (Å²) in [5.74, 6) is -20.2. The molecule has 46 nitrogen and oxygen atoms in total. The lowest BCUT2D eigenvalue weighted by Gasteiger charge is -2.27. The number of hydrogen-bond acceptors (Lipinski definition) is 24. The number of aliphatic carboxylic acids is 1. The normalized spacial score (nSPS) is 14.3. The van der Waals surface area contributed by atoms with Gasteiger partial charge < -0.3 is 135 Å². The van der Waals surface area contributed by atoms with Crippen LogP contribution in [0, 0.1) is 23.2 Å². The van der Waals surface area contributed by atoms with E-state index in [9.17, 15) is 96.2 Å². The molecule has 0 saturated carbocycles. The van der Waals surface area contributed by atoms with E-state index in [2.05, 4.69) is 94.7 Å². The SMILES string of the molecule is CSCC[C@H](NC(=O)[C@H](CC(C)C)NC(=O)[C@H](Cc1c[nH]cn1)NC(=O)CNC(=O)[C@@H](NC(=O)[C@H](C)NC(=O)[C@H](Cc1c[nH]c2ccccc12)NC(=O)[C@H](CCC(N)=O)NC(=O)[C@H](CC(N)=O)NC(=O)CNC(=O)[C@H](CC(C)C)NC(=O)[C@H](CCCNC(=N)N)NC(=O)[C@H](CCC(N)=O)NC(=O)[C@H](CCC(=O)O)NC(=O)[C@@H](N)CCCCN)C(C)C)C(N)=O. The first-order valence-electron chi connectivity index (χ1n) is 40.5. The lowest BCUT2D eigenvalue weighted by Crippen LogP contribution is -2.60. The Bertz CT molecular complexity index is 4160. The Morgan fingerprint density at radius 3 is 1.44 bits per heavy atom. The largest absolute Gasteiger partial charge is 0.481 e. The van der Waals surface area contributed by atoms with Crippen molar-refractivity contribution in [2.45, 2.75) is 236 Å². The van der Waals surface area contributed by atoms with Gasteiger partial charge in [0.05, 0.1) is 37.6 Å². The predicted octanol–water partition coefficient (Wildman–Crippen LogP) is -7.28. The molecule has 0 radical (unpaired) electrons. The summed E-state index contributed by atoms with van der Waals surface area (Å²) in [7, 11) is 0. The van der Waals surface area contributed by atoms with Crippen LogP contribution in [0.1, 0.15) is 156 Å². The molecule has 3 aromatic rings. The first-order valence-corrected chi connectivity index (χ1v) is 41.9. The van der Waals surface area contributed by atoms with E-state index in [1.54, 1.807) is 72.0 Å². The summed E-state index contributed by atoms with van der Waals surface area (Å²) in [5, 5.41) is 54.9. The van der Waals surface area contributed by atoms with Gasteiger partial charge in [0.25, 0.3) is 0 Å². The Kier molecular flexibility index (Phi) is 46.6. The van der Waals surface area contributed by atoms with Crippen LogP contribution in [0.15, 0.2) is 43.0 Å². The summed E-state index contributed by atoms with van der Waals surface area (Å²) in [4.78, 5) is 267. The molecule has 3 rings (SSSR count). The third kappa shape index (κ3) is 40.0. The maximum atomic E-state index is 14.6. The second-order valence-electron chi connectivity index (χ2n) is 30.9. The molecule has 124 heavy (non-hydrogen) atoms. The Labute approximate surface area is 720 Å². The van der Waals surface area contributed by atoms with E-state index >= 15 is 0 Å². The maximum absolute atomic E-state index is 14.6. The van der Waals surface area contributed by atoms with E-state index in [4.69, 9.17) is 45.5 Å². The number of nitrogens with two attached hydrogens (primary N) is 7. The molecule has 0 spiro atoms. The van der Waals surface area contributed by atoms with Gasteiger partial charge in [0.1, 0.15) is 72.5 Å². The van der Waals surface area contributed by atoms with Gasteiger partial charge in [-0.3, -0.25) is 96.5 Å². The number of thioether (sulfide) groups is 1. The predicted molar refractivity (Wildman–Crippen MR) is 453 cm³/mol. The van der Waals surface area contributed by atoms with Gasteiger partial charge in [0.15, 0.2) is 5.96 Å². The lowest BCUT2D eigenvalue weighted by atomic mass is 10.0. The number of unbranched alkanes of at least 4 members (excludes halogenated alkanes) is 1. The molecule has 13 atom stereocenters. The quantitative estimate of drug-likeness (QED) is 0.0142. The average Bonchev–Trinajstić information content (AvgIpc) is 1.63. The van der Waals surface area contributed by atoms with Gasteiger partial charge in [-0.05, 0) is 119 Å². The number of imidazole rings is 1. The fourth-order valence-electron chi connectivity index (χ4n) is 12.4. The third-order valence-electron chi connectivity index (χ3n) is 19.0.